The number of nitrogens with zero attached hydrogens (tertiary/aromatic N) is 1. The van der Waals surface area contributed by atoms with Crippen molar-refractivity contribution < 1.29 is 22.7 Å². The first kappa shape index (κ1) is 22.7. The van der Waals surface area contributed by atoms with Gasteiger partial charge in [0.05, 0.1) is 16.5 Å². The van der Waals surface area contributed by atoms with E-state index in [0.29, 0.717) is 5.02 Å². The van der Waals surface area contributed by atoms with Crippen molar-refractivity contribution in [3.63, 3.8) is 0 Å². The lowest BCUT2D eigenvalue weighted by Gasteiger charge is -2.35. The highest BCUT2D eigenvalue weighted by Crippen LogP contribution is 2.40. The summed E-state index contributed by atoms with van der Waals surface area (Å²) in [6.07, 6.45) is -0.957. The lowest BCUT2D eigenvalue weighted by molar-refractivity contribution is -0.152. The molecular weight excluding hydrogens is 443 g/mol. The number of fused-ring (bicyclic) bond motifs is 1. The second-order valence-corrected chi connectivity index (χ2v) is 8.54. The molecule has 8 heteroatoms. The van der Waals surface area contributed by atoms with Crippen molar-refractivity contribution in [3.05, 3.63) is 63.0 Å². The first-order chi connectivity index (χ1) is 15.2. The number of likely N-dealkylation sites (tertiary alicyclic amines) is 1. The highest BCUT2D eigenvalue weighted by Gasteiger charge is 2.40. The molecule has 1 aliphatic heterocycles. The minimum absolute atomic E-state index is 0.000748. The predicted octanol–water partition coefficient (Wildman–Crippen LogP) is 6.60. The normalized spacial score (nSPS) is 17.7. The van der Waals surface area contributed by atoms with Crippen molar-refractivity contribution in [2.45, 2.75) is 51.4 Å². The number of phenols is 1. The molecule has 3 aromatic rings. The summed E-state index contributed by atoms with van der Waals surface area (Å²) in [5.74, 6) is -1.57. The standard InChI is InChI=1S/C24H23ClF3NO3/c1-2-16-5-3-4-12-29(16)13-18-19(30)11-10-17-21(31)20(14-6-8-15(25)9-7-14)23(24(26,27)28)32-22(17)18/h6-11,16,30H,2-5,12-13H2,1H3/t16-/m0/s1. The van der Waals surface area contributed by atoms with Gasteiger partial charge in [0.1, 0.15) is 11.3 Å². The van der Waals surface area contributed by atoms with Gasteiger partial charge in [-0.05, 0) is 55.6 Å². The number of hydrogen-bond acceptors (Lipinski definition) is 4. The fraction of sp³-hybridized carbons (Fsp3) is 0.375. The van der Waals surface area contributed by atoms with Crippen molar-refractivity contribution in [1.82, 2.24) is 4.90 Å². The molecule has 1 fully saturated rings. The molecule has 0 unspecified atom stereocenters. The van der Waals surface area contributed by atoms with Gasteiger partial charge in [0.2, 0.25) is 11.2 Å². The Labute approximate surface area is 188 Å². The molecule has 1 atom stereocenters. The Morgan fingerprint density at radius 2 is 1.88 bits per heavy atom. The number of aromatic hydroxyl groups is 1. The van der Waals surface area contributed by atoms with Crippen LogP contribution in [0.1, 0.15) is 43.9 Å². The second-order valence-electron chi connectivity index (χ2n) is 8.11. The van der Waals surface area contributed by atoms with Crippen LogP contribution in [0.5, 0.6) is 5.75 Å². The van der Waals surface area contributed by atoms with E-state index in [9.17, 15) is 23.1 Å². The molecule has 0 bridgehead atoms. The summed E-state index contributed by atoms with van der Waals surface area (Å²) >= 11 is 5.86. The average molecular weight is 466 g/mol. The summed E-state index contributed by atoms with van der Waals surface area (Å²) in [6, 6.07) is 8.48. The van der Waals surface area contributed by atoms with Crippen molar-refractivity contribution >= 4 is 22.6 Å². The molecule has 170 valence electrons. The molecule has 1 aromatic heterocycles. The Bertz CT molecular complexity index is 1190. The predicted molar refractivity (Wildman–Crippen MR) is 118 cm³/mol. The van der Waals surface area contributed by atoms with Gasteiger partial charge in [-0.3, -0.25) is 9.69 Å². The molecule has 2 heterocycles. The molecule has 0 amide bonds. The topological polar surface area (TPSA) is 53.7 Å². The zero-order valence-corrected chi connectivity index (χ0v) is 18.3. The Kier molecular flexibility index (Phi) is 6.23. The Morgan fingerprint density at radius 3 is 2.53 bits per heavy atom. The van der Waals surface area contributed by atoms with E-state index in [1.807, 2.05) is 0 Å². The number of alkyl halides is 3. The molecule has 4 nitrogen and oxygen atoms in total. The van der Waals surface area contributed by atoms with E-state index >= 15 is 0 Å². The van der Waals surface area contributed by atoms with Gasteiger partial charge in [0.15, 0.2) is 0 Å². The fourth-order valence-corrected chi connectivity index (χ4v) is 4.59. The molecule has 0 radical (unpaired) electrons. The van der Waals surface area contributed by atoms with Gasteiger partial charge >= 0.3 is 6.18 Å². The van der Waals surface area contributed by atoms with Gasteiger partial charge in [0, 0.05) is 17.6 Å². The van der Waals surface area contributed by atoms with E-state index in [1.54, 1.807) is 0 Å². The van der Waals surface area contributed by atoms with Crippen LogP contribution in [-0.4, -0.2) is 22.6 Å². The Morgan fingerprint density at radius 1 is 1.16 bits per heavy atom. The molecular formula is C24H23ClF3NO3. The van der Waals surface area contributed by atoms with Gasteiger partial charge in [-0.25, -0.2) is 0 Å². The average Bonchev–Trinajstić information content (AvgIpc) is 2.76. The van der Waals surface area contributed by atoms with Crippen LogP contribution >= 0.6 is 11.6 Å². The van der Waals surface area contributed by atoms with Crippen LogP contribution in [-0.2, 0) is 12.7 Å². The van der Waals surface area contributed by atoms with Crippen molar-refractivity contribution in [2.24, 2.45) is 0 Å². The minimum atomic E-state index is -4.90. The van der Waals surface area contributed by atoms with Gasteiger partial charge in [0.25, 0.3) is 0 Å². The lowest BCUT2D eigenvalue weighted by Crippen LogP contribution is -2.38. The first-order valence-electron chi connectivity index (χ1n) is 10.6. The highest BCUT2D eigenvalue weighted by atomic mass is 35.5. The van der Waals surface area contributed by atoms with E-state index in [4.69, 9.17) is 16.0 Å². The number of halogens is 4. The number of benzene rings is 2. The number of hydrogen-bond donors (Lipinski definition) is 1. The maximum Gasteiger partial charge on any atom is 0.450 e. The van der Waals surface area contributed by atoms with E-state index in [1.165, 1.54) is 36.4 Å². The van der Waals surface area contributed by atoms with Crippen LogP contribution in [0.15, 0.2) is 45.6 Å². The monoisotopic (exact) mass is 465 g/mol. The summed E-state index contributed by atoms with van der Waals surface area (Å²) in [4.78, 5) is 15.4. The Balaban J connectivity index is 1.94. The first-order valence-corrected chi connectivity index (χ1v) is 11.0. The number of phenolic OH excluding ortho intramolecular Hbond substituents is 1. The maximum atomic E-state index is 14.0. The largest absolute Gasteiger partial charge is 0.507 e. The van der Waals surface area contributed by atoms with Crippen LogP contribution < -0.4 is 5.43 Å². The quantitative estimate of drug-likeness (QED) is 0.471. The third kappa shape index (κ3) is 4.24. The third-order valence-corrected chi connectivity index (χ3v) is 6.36. The lowest BCUT2D eigenvalue weighted by atomic mass is 9.97. The van der Waals surface area contributed by atoms with E-state index < -0.39 is 22.9 Å². The molecule has 0 aliphatic carbocycles. The van der Waals surface area contributed by atoms with Crippen molar-refractivity contribution in [3.8, 4) is 16.9 Å². The van der Waals surface area contributed by atoms with Gasteiger partial charge < -0.3 is 9.52 Å². The molecule has 0 spiro atoms. The van der Waals surface area contributed by atoms with Gasteiger partial charge in [-0.1, -0.05) is 37.1 Å². The zero-order chi connectivity index (χ0) is 23.0. The second kappa shape index (κ2) is 8.79. The summed E-state index contributed by atoms with van der Waals surface area (Å²) in [5, 5.41) is 10.9. The molecule has 1 aliphatic rings. The summed E-state index contributed by atoms with van der Waals surface area (Å²) < 4.78 is 47.4. The molecule has 4 rings (SSSR count). The van der Waals surface area contributed by atoms with Crippen LogP contribution in [0.25, 0.3) is 22.1 Å². The summed E-state index contributed by atoms with van der Waals surface area (Å²) in [6.45, 7) is 3.04. The molecule has 0 saturated carbocycles. The van der Waals surface area contributed by atoms with Crippen molar-refractivity contribution in [1.29, 1.82) is 0 Å². The van der Waals surface area contributed by atoms with Crippen LogP contribution in [0.3, 0.4) is 0 Å². The molecule has 32 heavy (non-hydrogen) atoms. The highest BCUT2D eigenvalue weighted by molar-refractivity contribution is 6.30. The minimum Gasteiger partial charge on any atom is -0.507 e. The van der Waals surface area contributed by atoms with Gasteiger partial charge in [-0.15, -0.1) is 0 Å². The zero-order valence-electron chi connectivity index (χ0n) is 17.5. The number of piperidine rings is 1. The maximum absolute atomic E-state index is 14.0. The molecule has 2 aromatic carbocycles. The van der Waals surface area contributed by atoms with Crippen LogP contribution in [0, 0.1) is 0 Å². The van der Waals surface area contributed by atoms with Crippen LogP contribution in [0.2, 0.25) is 5.02 Å². The molecule has 1 N–H and O–H groups in total. The van der Waals surface area contributed by atoms with Crippen LogP contribution in [0.4, 0.5) is 13.2 Å². The van der Waals surface area contributed by atoms with E-state index in [2.05, 4.69) is 11.8 Å². The van der Waals surface area contributed by atoms with E-state index in [0.717, 1.165) is 32.2 Å². The fourth-order valence-electron chi connectivity index (χ4n) is 4.47. The van der Waals surface area contributed by atoms with Crippen molar-refractivity contribution in [2.75, 3.05) is 6.54 Å². The SMILES string of the molecule is CC[C@H]1CCCCN1Cc1c(O)ccc2c(=O)c(-c3ccc(Cl)cc3)c(C(F)(F)F)oc12. The van der Waals surface area contributed by atoms with E-state index in [-0.39, 0.29) is 40.4 Å². The smallest absolute Gasteiger partial charge is 0.450 e. The molecule has 1 saturated heterocycles. The summed E-state index contributed by atoms with van der Waals surface area (Å²) in [7, 11) is 0. The third-order valence-electron chi connectivity index (χ3n) is 6.11. The number of rotatable bonds is 4. The summed E-state index contributed by atoms with van der Waals surface area (Å²) in [5.41, 5.74) is -1.32. The Hall–Kier alpha value is -2.51. The van der Waals surface area contributed by atoms with Gasteiger partial charge in [-0.2, -0.15) is 13.2 Å².